The topological polar surface area (TPSA) is 12.9 Å². The van der Waals surface area contributed by atoms with Crippen LogP contribution in [-0.2, 0) is 5.88 Å². The molecule has 0 fully saturated rings. The molecular weight excluding hydrogens is 250 g/mol. The zero-order valence-electron chi connectivity index (χ0n) is 9.06. The standard InChI is InChI=1S/C14H10ClNS/c15-8-14-16-9-13(17-14)12-7-3-5-10-4-1-2-6-11(10)12/h1-7,9H,8H2. The molecule has 0 saturated carbocycles. The number of benzene rings is 2. The molecule has 0 atom stereocenters. The fourth-order valence-corrected chi connectivity index (χ4v) is 2.98. The Hall–Kier alpha value is -1.38. The summed E-state index contributed by atoms with van der Waals surface area (Å²) in [6.07, 6.45) is 1.91. The second-order valence-corrected chi connectivity index (χ2v) is 5.16. The smallest absolute Gasteiger partial charge is 0.108 e. The molecule has 3 heteroatoms. The Morgan fingerprint density at radius 2 is 1.88 bits per heavy atom. The van der Waals surface area contributed by atoms with Crippen LogP contribution in [0.4, 0.5) is 0 Å². The highest BCUT2D eigenvalue weighted by molar-refractivity contribution is 7.15. The maximum Gasteiger partial charge on any atom is 0.108 e. The van der Waals surface area contributed by atoms with Crippen molar-refractivity contribution in [2.75, 3.05) is 0 Å². The number of rotatable bonds is 2. The van der Waals surface area contributed by atoms with E-state index in [1.54, 1.807) is 11.3 Å². The third-order valence-electron chi connectivity index (χ3n) is 2.72. The molecule has 3 rings (SSSR count). The molecule has 1 nitrogen and oxygen atoms in total. The van der Waals surface area contributed by atoms with E-state index in [0.29, 0.717) is 5.88 Å². The maximum absolute atomic E-state index is 5.79. The highest BCUT2D eigenvalue weighted by atomic mass is 35.5. The van der Waals surface area contributed by atoms with Crippen molar-refractivity contribution in [1.29, 1.82) is 0 Å². The lowest BCUT2D eigenvalue weighted by Crippen LogP contribution is -1.77. The van der Waals surface area contributed by atoms with Crippen molar-refractivity contribution in [2.24, 2.45) is 0 Å². The number of nitrogens with zero attached hydrogens (tertiary/aromatic N) is 1. The normalized spacial score (nSPS) is 10.9. The van der Waals surface area contributed by atoms with Crippen LogP contribution in [-0.4, -0.2) is 4.98 Å². The van der Waals surface area contributed by atoms with Crippen LogP contribution in [0.25, 0.3) is 21.2 Å². The molecule has 0 N–H and O–H groups in total. The molecule has 2 aromatic carbocycles. The lowest BCUT2D eigenvalue weighted by molar-refractivity contribution is 1.26. The van der Waals surface area contributed by atoms with E-state index >= 15 is 0 Å². The molecular formula is C14H10ClNS. The Morgan fingerprint density at radius 3 is 2.71 bits per heavy atom. The van der Waals surface area contributed by atoms with E-state index in [9.17, 15) is 0 Å². The molecule has 0 radical (unpaired) electrons. The Balaban J connectivity index is 2.23. The van der Waals surface area contributed by atoms with Gasteiger partial charge < -0.3 is 0 Å². The molecule has 0 unspecified atom stereocenters. The molecule has 17 heavy (non-hydrogen) atoms. The number of hydrogen-bond acceptors (Lipinski definition) is 2. The number of aromatic nitrogens is 1. The maximum atomic E-state index is 5.79. The third kappa shape index (κ3) is 1.94. The van der Waals surface area contributed by atoms with Crippen LogP contribution < -0.4 is 0 Å². The number of hydrogen-bond donors (Lipinski definition) is 0. The minimum absolute atomic E-state index is 0.482. The molecule has 0 aliphatic heterocycles. The SMILES string of the molecule is ClCc1ncc(-c2cccc3ccccc23)s1. The van der Waals surface area contributed by atoms with Crippen LogP contribution in [0.2, 0.25) is 0 Å². The second kappa shape index (κ2) is 4.47. The van der Waals surface area contributed by atoms with Gasteiger partial charge in [-0.1, -0.05) is 42.5 Å². The molecule has 1 heterocycles. The first kappa shape index (κ1) is 10.8. The van der Waals surface area contributed by atoms with Crippen molar-refractivity contribution < 1.29 is 0 Å². The highest BCUT2D eigenvalue weighted by Gasteiger charge is 2.06. The van der Waals surface area contributed by atoms with Gasteiger partial charge in [-0.3, -0.25) is 0 Å². The van der Waals surface area contributed by atoms with Crippen LogP contribution >= 0.6 is 22.9 Å². The van der Waals surface area contributed by atoms with E-state index in [-0.39, 0.29) is 0 Å². The predicted molar refractivity (Wildman–Crippen MR) is 74.6 cm³/mol. The van der Waals surface area contributed by atoms with Crippen molar-refractivity contribution in [3.8, 4) is 10.4 Å². The molecule has 0 bridgehead atoms. The molecule has 0 aliphatic carbocycles. The Bertz CT molecular complexity index is 655. The number of thiazole rings is 1. The number of alkyl halides is 1. The second-order valence-electron chi connectivity index (χ2n) is 3.78. The Morgan fingerprint density at radius 1 is 1.06 bits per heavy atom. The highest BCUT2D eigenvalue weighted by Crippen LogP contribution is 2.32. The van der Waals surface area contributed by atoms with Crippen LogP contribution in [0, 0.1) is 0 Å². The van der Waals surface area contributed by atoms with Crippen molar-refractivity contribution in [3.05, 3.63) is 53.7 Å². The molecule has 1 aromatic heterocycles. The first-order valence-corrected chi connectivity index (χ1v) is 6.72. The molecule has 0 saturated heterocycles. The van der Waals surface area contributed by atoms with Gasteiger partial charge in [-0.25, -0.2) is 4.98 Å². The van der Waals surface area contributed by atoms with Gasteiger partial charge in [-0.05, 0) is 10.8 Å². The van der Waals surface area contributed by atoms with Gasteiger partial charge in [0.25, 0.3) is 0 Å². The van der Waals surface area contributed by atoms with Crippen LogP contribution in [0.1, 0.15) is 5.01 Å². The van der Waals surface area contributed by atoms with Gasteiger partial charge in [-0.15, -0.1) is 22.9 Å². The van der Waals surface area contributed by atoms with Crippen molar-refractivity contribution in [1.82, 2.24) is 4.98 Å². The van der Waals surface area contributed by atoms with Crippen LogP contribution in [0.5, 0.6) is 0 Å². The summed E-state index contributed by atoms with van der Waals surface area (Å²) in [6.45, 7) is 0. The van der Waals surface area contributed by atoms with Gasteiger partial charge in [0.2, 0.25) is 0 Å². The first-order valence-electron chi connectivity index (χ1n) is 5.37. The Kier molecular flexibility index (Phi) is 2.83. The largest absolute Gasteiger partial charge is 0.248 e. The average molecular weight is 260 g/mol. The molecule has 0 spiro atoms. The van der Waals surface area contributed by atoms with Crippen molar-refractivity contribution in [3.63, 3.8) is 0 Å². The van der Waals surface area contributed by atoms with Gasteiger partial charge in [0.15, 0.2) is 0 Å². The quantitative estimate of drug-likeness (QED) is 0.608. The molecule has 0 amide bonds. The van der Waals surface area contributed by atoms with Gasteiger partial charge >= 0.3 is 0 Å². The lowest BCUT2D eigenvalue weighted by atomic mass is 10.0. The first-order chi connectivity index (χ1) is 8.38. The zero-order valence-corrected chi connectivity index (χ0v) is 10.6. The van der Waals surface area contributed by atoms with E-state index < -0.39 is 0 Å². The lowest BCUT2D eigenvalue weighted by Gasteiger charge is -2.03. The van der Waals surface area contributed by atoms with E-state index in [4.69, 9.17) is 11.6 Å². The fraction of sp³-hybridized carbons (Fsp3) is 0.0714. The van der Waals surface area contributed by atoms with E-state index in [1.165, 1.54) is 21.2 Å². The summed E-state index contributed by atoms with van der Waals surface area (Å²) in [5, 5.41) is 3.49. The van der Waals surface area contributed by atoms with Crippen LogP contribution in [0.3, 0.4) is 0 Å². The monoisotopic (exact) mass is 259 g/mol. The number of halogens is 1. The van der Waals surface area contributed by atoms with Crippen molar-refractivity contribution >= 4 is 33.7 Å². The average Bonchev–Trinajstić information content (AvgIpc) is 2.87. The fourth-order valence-electron chi connectivity index (χ4n) is 1.94. The molecule has 3 aromatic rings. The predicted octanol–water partition coefficient (Wildman–Crippen LogP) is 4.70. The summed E-state index contributed by atoms with van der Waals surface area (Å²) in [7, 11) is 0. The van der Waals surface area contributed by atoms with Gasteiger partial charge in [0, 0.05) is 11.8 Å². The number of fused-ring (bicyclic) bond motifs is 1. The summed E-state index contributed by atoms with van der Waals surface area (Å²) < 4.78 is 0. The minimum Gasteiger partial charge on any atom is -0.248 e. The van der Waals surface area contributed by atoms with E-state index in [2.05, 4.69) is 47.4 Å². The van der Waals surface area contributed by atoms with Gasteiger partial charge in [0.1, 0.15) is 5.01 Å². The van der Waals surface area contributed by atoms with E-state index in [0.717, 1.165) is 5.01 Å². The Labute approximate surface area is 109 Å². The third-order valence-corrected chi connectivity index (χ3v) is 4.17. The van der Waals surface area contributed by atoms with E-state index in [1.807, 2.05) is 6.20 Å². The van der Waals surface area contributed by atoms with Crippen molar-refractivity contribution in [2.45, 2.75) is 5.88 Å². The summed E-state index contributed by atoms with van der Waals surface area (Å²) >= 11 is 7.45. The summed E-state index contributed by atoms with van der Waals surface area (Å²) in [4.78, 5) is 5.48. The molecule has 0 aliphatic rings. The van der Waals surface area contributed by atoms with Gasteiger partial charge in [-0.2, -0.15) is 0 Å². The summed E-state index contributed by atoms with van der Waals surface area (Å²) in [5.41, 5.74) is 1.23. The molecule has 84 valence electrons. The summed E-state index contributed by atoms with van der Waals surface area (Å²) in [6, 6.07) is 14.7. The minimum atomic E-state index is 0.482. The summed E-state index contributed by atoms with van der Waals surface area (Å²) in [5.74, 6) is 0.482. The van der Waals surface area contributed by atoms with Gasteiger partial charge in [0.05, 0.1) is 10.8 Å². The van der Waals surface area contributed by atoms with Crippen LogP contribution in [0.15, 0.2) is 48.7 Å². The zero-order chi connectivity index (χ0) is 11.7.